The van der Waals surface area contributed by atoms with Gasteiger partial charge in [-0.15, -0.1) is 0 Å². The van der Waals surface area contributed by atoms with E-state index in [1.807, 2.05) is 0 Å². The van der Waals surface area contributed by atoms with E-state index in [4.69, 9.17) is 10.5 Å². The first-order valence-corrected chi connectivity index (χ1v) is 6.38. The Kier molecular flexibility index (Phi) is 6.68. The zero-order valence-corrected chi connectivity index (χ0v) is 9.15. The van der Waals surface area contributed by atoms with Crippen LogP contribution in [0.4, 0.5) is 0 Å². The summed E-state index contributed by atoms with van der Waals surface area (Å²) >= 11 is 2.13. The fraction of sp³-hybridized carbons (Fsp3) is 1.00. The van der Waals surface area contributed by atoms with Crippen molar-refractivity contribution in [2.45, 2.75) is 37.4 Å². The lowest BCUT2D eigenvalue weighted by molar-refractivity contribution is 0.100. The van der Waals surface area contributed by atoms with Crippen LogP contribution in [0, 0.1) is 0 Å². The van der Waals surface area contributed by atoms with Gasteiger partial charge >= 0.3 is 0 Å². The van der Waals surface area contributed by atoms with E-state index in [1.165, 1.54) is 37.9 Å². The largest absolute Gasteiger partial charge is 0.381 e. The van der Waals surface area contributed by atoms with Crippen LogP contribution in [0.3, 0.4) is 0 Å². The Morgan fingerprint density at radius 3 is 2.62 bits per heavy atom. The van der Waals surface area contributed by atoms with Crippen molar-refractivity contribution in [3.63, 3.8) is 0 Å². The molecule has 2 nitrogen and oxygen atoms in total. The molecule has 3 heteroatoms. The van der Waals surface area contributed by atoms with Crippen molar-refractivity contribution in [3.8, 4) is 0 Å². The molecule has 78 valence electrons. The summed E-state index contributed by atoms with van der Waals surface area (Å²) in [6, 6.07) is 0. The maximum absolute atomic E-state index is 5.43. The first-order valence-electron chi connectivity index (χ1n) is 5.33. The van der Waals surface area contributed by atoms with E-state index >= 15 is 0 Å². The first kappa shape index (κ1) is 11.3. The van der Waals surface area contributed by atoms with Gasteiger partial charge in [-0.1, -0.05) is 6.42 Å². The maximum atomic E-state index is 5.43. The van der Waals surface area contributed by atoms with Crippen LogP contribution in [0.5, 0.6) is 0 Å². The van der Waals surface area contributed by atoms with E-state index in [9.17, 15) is 0 Å². The summed E-state index contributed by atoms with van der Waals surface area (Å²) in [7, 11) is 0. The van der Waals surface area contributed by atoms with Crippen molar-refractivity contribution in [2.24, 2.45) is 5.73 Å². The Labute approximate surface area is 85.6 Å². The highest BCUT2D eigenvalue weighted by molar-refractivity contribution is 7.99. The smallest absolute Gasteiger partial charge is 0.0476 e. The molecule has 13 heavy (non-hydrogen) atoms. The van der Waals surface area contributed by atoms with Gasteiger partial charge in [0.1, 0.15) is 0 Å². The van der Waals surface area contributed by atoms with E-state index in [1.54, 1.807) is 0 Å². The number of thioether (sulfide) groups is 1. The lowest BCUT2D eigenvalue weighted by atomic mass is 10.2. The predicted octanol–water partition coefficient (Wildman–Crippen LogP) is 2.03. The van der Waals surface area contributed by atoms with Crippen molar-refractivity contribution < 1.29 is 4.74 Å². The predicted molar refractivity (Wildman–Crippen MR) is 59.2 cm³/mol. The van der Waals surface area contributed by atoms with Gasteiger partial charge in [-0.25, -0.2) is 0 Å². The van der Waals surface area contributed by atoms with Gasteiger partial charge in [0, 0.05) is 18.5 Å². The molecule has 1 heterocycles. The second-order valence-corrected chi connectivity index (χ2v) is 4.94. The summed E-state index contributed by atoms with van der Waals surface area (Å²) in [6.07, 6.45) is 6.32. The second kappa shape index (κ2) is 7.65. The standard InChI is InChI=1S/C10H21NOS/c11-6-2-1-3-9-13-10-4-7-12-8-5-10/h10H,1-9,11H2. The van der Waals surface area contributed by atoms with Gasteiger partial charge in [0.15, 0.2) is 0 Å². The van der Waals surface area contributed by atoms with Gasteiger partial charge in [-0.3, -0.25) is 0 Å². The molecule has 0 bridgehead atoms. The highest BCUT2D eigenvalue weighted by Crippen LogP contribution is 2.22. The fourth-order valence-electron chi connectivity index (χ4n) is 1.52. The minimum atomic E-state index is 0.849. The zero-order valence-electron chi connectivity index (χ0n) is 8.34. The number of nitrogens with two attached hydrogens (primary N) is 1. The van der Waals surface area contributed by atoms with Crippen LogP contribution in [-0.4, -0.2) is 30.8 Å². The van der Waals surface area contributed by atoms with Crippen molar-refractivity contribution in [3.05, 3.63) is 0 Å². The van der Waals surface area contributed by atoms with Crippen LogP contribution in [0.1, 0.15) is 32.1 Å². The lowest BCUT2D eigenvalue weighted by Gasteiger charge is -2.21. The van der Waals surface area contributed by atoms with Crippen LogP contribution in [0.2, 0.25) is 0 Å². The Morgan fingerprint density at radius 1 is 1.15 bits per heavy atom. The van der Waals surface area contributed by atoms with Crippen LogP contribution in [0.15, 0.2) is 0 Å². The molecule has 2 N–H and O–H groups in total. The second-order valence-electron chi connectivity index (χ2n) is 3.53. The van der Waals surface area contributed by atoms with E-state index < -0.39 is 0 Å². The molecule has 0 amide bonds. The summed E-state index contributed by atoms with van der Waals surface area (Å²) in [5, 5.41) is 0.867. The Balaban J connectivity index is 1.86. The quantitative estimate of drug-likeness (QED) is 0.671. The molecule has 0 atom stereocenters. The molecule has 0 saturated carbocycles. The minimum absolute atomic E-state index is 0.849. The molecule has 0 aromatic heterocycles. The maximum Gasteiger partial charge on any atom is 0.0476 e. The average Bonchev–Trinajstić information content (AvgIpc) is 2.19. The summed E-state index contributed by atoms with van der Waals surface area (Å²) in [5.41, 5.74) is 5.43. The number of unbranched alkanes of at least 4 members (excludes halogenated alkanes) is 2. The van der Waals surface area contributed by atoms with Gasteiger partial charge in [-0.2, -0.15) is 11.8 Å². The SMILES string of the molecule is NCCCCCSC1CCOCC1. The number of ether oxygens (including phenoxy) is 1. The molecule has 1 aliphatic heterocycles. The summed E-state index contributed by atoms with van der Waals surface area (Å²) in [4.78, 5) is 0. The molecule has 0 radical (unpaired) electrons. The third-order valence-corrected chi connectivity index (χ3v) is 3.84. The molecule has 0 aromatic carbocycles. The average molecular weight is 203 g/mol. The van der Waals surface area contributed by atoms with Gasteiger partial charge in [0.25, 0.3) is 0 Å². The molecule has 1 saturated heterocycles. The van der Waals surface area contributed by atoms with E-state index in [0.29, 0.717) is 0 Å². The van der Waals surface area contributed by atoms with Crippen molar-refractivity contribution in [1.82, 2.24) is 0 Å². The Morgan fingerprint density at radius 2 is 1.92 bits per heavy atom. The number of hydrogen-bond donors (Lipinski definition) is 1. The first-order chi connectivity index (χ1) is 6.43. The molecule has 0 unspecified atom stereocenters. The summed E-state index contributed by atoms with van der Waals surface area (Å²) in [5.74, 6) is 1.31. The minimum Gasteiger partial charge on any atom is -0.381 e. The fourth-order valence-corrected chi connectivity index (χ4v) is 2.75. The number of hydrogen-bond acceptors (Lipinski definition) is 3. The van der Waals surface area contributed by atoms with Crippen LogP contribution in [-0.2, 0) is 4.74 Å². The van der Waals surface area contributed by atoms with Gasteiger partial charge in [0.2, 0.25) is 0 Å². The molecule has 0 spiro atoms. The molecule has 1 fully saturated rings. The molecule has 1 rings (SSSR count). The molecule has 0 aromatic rings. The normalized spacial score (nSPS) is 19.2. The third-order valence-electron chi connectivity index (χ3n) is 2.37. The topological polar surface area (TPSA) is 35.2 Å². The monoisotopic (exact) mass is 203 g/mol. The molecular weight excluding hydrogens is 182 g/mol. The van der Waals surface area contributed by atoms with Gasteiger partial charge < -0.3 is 10.5 Å². The number of rotatable bonds is 6. The summed E-state index contributed by atoms with van der Waals surface area (Å²) < 4.78 is 5.31. The van der Waals surface area contributed by atoms with E-state index in [0.717, 1.165) is 25.0 Å². The highest BCUT2D eigenvalue weighted by atomic mass is 32.2. The molecular formula is C10H21NOS. The Hall–Kier alpha value is 0.270. The Bertz CT molecular complexity index is 115. The van der Waals surface area contributed by atoms with Crippen LogP contribution >= 0.6 is 11.8 Å². The van der Waals surface area contributed by atoms with Crippen LogP contribution < -0.4 is 5.73 Å². The van der Waals surface area contributed by atoms with Gasteiger partial charge in [0.05, 0.1) is 0 Å². The van der Waals surface area contributed by atoms with Crippen LogP contribution in [0.25, 0.3) is 0 Å². The highest BCUT2D eigenvalue weighted by Gasteiger charge is 2.12. The molecule has 0 aliphatic carbocycles. The van der Waals surface area contributed by atoms with Crippen molar-refractivity contribution in [1.29, 1.82) is 0 Å². The third kappa shape index (κ3) is 5.55. The van der Waals surface area contributed by atoms with Gasteiger partial charge in [-0.05, 0) is 38.0 Å². The van der Waals surface area contributed by atoms with E-state index in [-0.39, 0.29) is 0 Å². The van der Waals surface area contributed by atoms with E-state index in [2.05, 4.69) is 11.8 Å². The van der Waals surface area contributed by atoms with Crippen molar-refractivity contribution in [2.75, 3.05) is 25.5 Å². The zero-order chi connectivity index (χ0) is 9.36. The summed E-state index contributed by atoms with van der Waals surface area (Å²) in [6.45, 7) is 2.79. The lowest BCUT2D eigenvalue weighted by Crippen LogP contribution is -2.17. The van der Waals surface area contributed by atoms with Crippen molar-refractivity contribution >= 4 is 11.8 Å². The molecule has 1 aliphatic rings.